The van der Waals surface area contributed by atoms with E-state index in [0.29, 0.717) is 5.56 Å². The Bertz CT molecular complexity index is 308. The lowest BCUT2D eigenvalue weighted by Gasteiger charge is -2.12. The van der Waals surface area contributed by atoms with Crippen molar-refractivity contribution in [3.05, 3.63) is 21.9 Å². The van der Waals surface area contributed by atoms with Crippen LogP contribution in [-0.4, -0.2) is 22.3 Å². The van der Waals surface area contributed by atoms with E-state index >= 15 is 0 Å². The highest BCUT2D eigenvalue weighted by molar-refractivity contribution is 7.12. The molecule has 0 radical (unpaired) electrons. The van der Waals surface area contributed by atoms with Gasteiger partial charge in [0.2, 0.25) is 0 Å². The predicted molar refractivity (Wildman–Crippen MR) is 49.9 cm³/mol. The van der Waals surface area contributed by atoms with Crippen molar-refractivity contribution in [3.8, 4) is 0 Å². The first kappa shape index (κ1) is 10.2. The van der Waals surface area contributed by atoms with Gasteiger partial charge in [0.05, 0.1) is 12.1 Å². The van der Waals surface area contributed by atoms with Crippen LogP contribution in [0.2, 0.25) is 0 Å². The van der Waals surface area contributed by atoms with Crippen LogP contribution in [0.4, 0.5) is 0 Å². The van der Waals surface area contributed by atoms with Gasteiger partial charge in [-0.25, -0.2) is 4.79 Å². The molecular formula is C8H11NO3S. The van der Waals surface area contributed by atoms with Gasteiger partial charge in [0.25, 0.3) is 0 Å². The van der Waals surface area contributed by atoms with E-state index in [1.165, 1.54) is 6.07 Å². The van der Waals surface area contributed by atoms with Crippen molar-refractivity contribution in [3.63, 3.8) is 0 Å². The number of hydrogen-bond donors (Lipinski definition) is 3. The summed E-state index contributed by atoms with van der Waals surface area (Å²) in [6.07, 6.45) is -0.670. The van der Waals surface area contributed by atoms with Crippen LogP contribution in [0.3, 0.4) is 0 Å². The summed E-state index contributed by atoms with van der Waals surface area (Å²) in [5.41, 5.74) is 6.28. The van der Waals surface area contributed by atoms with E-state index in [9.17, 15) is 4.79 Å². The molecule has 2 atom stereocenters. The zero-order valence-electron chi connectivity index (χ0n) is 7.10. The first-order valence-electron chi connectivity index (χ1n) is 3.77. The molecule has 0 amide bonds. The number of hydrogen-bond acceptors (Lipinski definition) is 4. The van der Waals surface area contributed by atoms with Crippen molar-refractivity contribution in [2.24, 2.45) is 5.73 Å². The second-order valence-corrected chi connectivity index (χ2v) is 3.73. The van der Waals surface area contributed by atoms with Gasteiger partial charge in [-0.3, -0.25) is 0 Å². The van der Waals surface area contributed by atoms with E-state index in [1.807, 2.05) is 0 Å². The lowest BCUT2D eigenvalue weighted by atomic mass is 10.1. The molecule has 0 spiro atoms. The van der Waals surface area contributed by atoms with Gasteiger partial charge in [-0.05, 0) is 23.9 Å². The molecule has 0 aliphatic heterocycles. The van der Waals surface area contributed by atoms with Crippen LogP contribution in [0.15, 0.2) is 11.4 Å². The zero-order valence-corrected chi connectivity index (χ0v) is 7.91. The number of aromatic carboxylic acids is 1. The molecule has 0 fully saturated rings. The van der Waals surface area contributed by atoms with E-state index in [4.69, 9.17) is 15.9 Å². The Morgan fingerprint density at radius 2 is 2.31 bits per heavy atom. The Labute approximate surface area is 79.6 Å². The second-order valence-electron chi connectivity index (χ2n) is 2.82. The number of carbonyl (C=O) groups is 1. The van der Waals surface area contributed by atoms with E-state index in [-0.39, 0.29) is 4.88 Å². The first-order valence-corrected chi connectivity index (χ1v) is 4.65. The average molecular weight is 201 g/mol. The third-order valence-electron chi connectivity index (χ3n) is 1.74. The van der Waals surface area contributed by atoms with E-state index in [2.05, 4.69) is 0 Å². The van der Waals surface area contributed by atoms with Crippen molar-refractivity contribution in [2.75, 3.05) is 0 Å². The van der Waals surface area contributed by atoms with E-state index in [1.54, 1.807) is 12.3 Å². The third-order valence-corrected chi connectivity index (χ3v) is 2.67. The Hall–Kier alpha value is -0.910. The summed E-state index contributed by atoms with van der Waals surface area (Å²) in [5, 5.41) is 19.4. The van der Waals surface area contributed by atoms with Crippen molar-refractivity contribution < 1.29 is 15.0 Å². The quantitative estimate of drug-likeness (QED) is 0.676. The van der Waals surface area contributed by atoms with Crippen LogP contribution in [0.5, 0.6) is 0 Å². The number of aliphatic hydroxyl groups excluding tert-OH is 1. The summed E-state index contributed by atoms with van der Waals surface area (Å²) < 4.78 is 0. The van der Waals surface area contributed by atoms with Gasteiger partial charge in [0, 0.05) is 0 Å². The Balaban J connectivity index is 2.85. The Kier molecular flexibility index (Phi) is 3.02. The van der Waals surface area contributed by atoms with Gasteiger partial charge in [0.15, 0.2) is 0 Å². The van der Waals surface area contributed by atoms with Crippen LogP contribution in [-0.2, 0) is 0 Å². The van der Waals surface area contributed by atoms with Gasteiger partial charge in [0.1, 0.15) is 4.88 Å². The molecule has 4 N–H and O–H groups in total. The monoisotopic (exact) mass is 201 g/mol. The lowest BCUT2D eigenvalue weighted by Crippen LogP contribution is -2.22. The van der Waals surface area contributed by atoms with Crippen molar-refractivity contribution in [1.29, 1.82) is 0 Å². The van der Waals surface area contributed by atoms with E-state index < -0.39 is 18.1 Å². The van der Waals surface area contributed by atoms with Crippen LogP contribution >= 0.6 is 11.3 Å². The summed E-state index contributed by atoms with van der Waals surface area (Å²) in [4.78, 5) is 10.8. The highest BCUT2D eigenvalue weighted by Gasteiger charge is 2.15. The number of rotatable bonds is 3. The van der Waals surface area contributed by atoms with Gasteiger partial charge in [-0.2, -0.15) is 0 Å². The maximum absolute atomic E-state index is 10.5. The Morgan fingerprint density at radius 1 is 1.69 bits per heavy atom. The highest BCUT2D eigenvalue weighted by atomic mass is 32.1. The molecule has 0 unspecified atom stereocenters. The van der Waals surface area contributed by atoms with Gasteiger partial charge >= 0.3 is 5.97 Å². The largest absolute Gasteiger partial charge is 0.477 e. The SMILES string of the molecule is C[C@@H](O)[C@@H](N)c1csc(C(=O)O)c1. The number of carboxylic acid groups (broad SMARTS) is 1. The predicted octanol–water partition coefficient (Wildman–Crippen LogP) is 0.827. The van der Waals surface area contributed by atoms with Crippen molar-refractivity contribution >= 4 is 17.3 Å². The van der Waals surface area contributed by atoms with Gasteiger partial charge in [-0.15, -0.1) is 11.3 Å². The molecule has 0 aliphatic carbocycles. The number of aliphatic hydroxyl groups is 1. The topological polar surface area (TPSA) is 83.5 Å². The minimum atomic E-state index is -0.964. The highest BCUT2D eigenvalue weighted by Crippen LogP contribution is 2.21. The summed E-state index contributed by atoms with van der Waals surface area (Å²) in [6.45, 7) is 1.57. The smallest absolute Gasteiger partial charge is 0.345 e. The molecule has 4 nitrogen and oxygen atoms in total. The molecule has 1 rings (SSSR count). The fourth-order valence-electron chi connectivity index (χ4n) is 0.916. The van der Waals surface area contributed by atoms with Crippen LogP contribution < -0.4 is 5.73 Å². The summed E-state index contributed by atoms with van der Waals surface area (Å²) in [6, 6.07) is 0.981. The Morgan fingerprint density at radius 3 is 2.69 bits per heavy atom. The van der Waals surface area contributed by atoms with Crippen LogP contribution in [0, 0.1) is 0 Å². The number of thiophene rings is 1. The summed E-state index contributed by atoms with van der Waals surface area (Å²) in [7, 11) is 0. The number of carboxylic acids is 1. The van der Waals surface area contributed by atoms with Crippen molar-refractivity contribution in [2.45, 2.75) is 19.1 Å². The molecule has 0 aromatic carbocycles. The lowest BCUT2D eigenvalue weighted by molar-refractivity contribution is 0.0702. The third kappa shape index (κ3) is 2.27. The standard InChI is InChI=1S/C8H11NO3S/c1-4(10)7(9)5-2-6(8(11)12)13-3-5/h2-4,7,10H,9H2,1H3,(H,11,12)/t4-,7-/m1/s1. The van der Waals surface area contributed by atoms with Crippen LogP contribution in [0.25, 0.3) is 0 Å². The second kappa shape index (κ2) is 3.87. The number of nitrogens with two attached hydrogens (primary N) is 1. The molecule has 0 aliphatic rings. The van der Waals surface area contributed by atoms with E-state index in [0.717, 1.165) is 11.3 Å². The molecule has 1 heterocycles. The van der Waals surface area contributed by atoms with Gasteiger partial charge in [-0.1, -0.05) is 0 Å². The summed E-state index contributed by atoms with van der Waals surface area (Å²) in [5.74, 6) is -0.964. The normalized spacial score (nSPS) is 15.3. The molecule has 5 heteroatoms. The molecule has 13 heavy (non-hydrogen) atoms. The maximum atomic E-state index is 10.5. The first-order chi connectivity index (χ1) is 6.02. The molecule has 72 valence electrons. The molecule has 0 bridgehead atoms. The summed E-state index contributed by atoms with van der Waals surface area (Å²) >= 11 is 1.11. The minimum Gasteiger partial charge on any atom is -0.477 e. The molecule has 0 saturated carbocycles. The fourth-order valence-corrected chi connectivity index (χ4v) is 1.71. The van der Waals surface area contributed by atoms with Crippen LogP contribution in [0.1, 0.15) is 28.2 Å². The fraction of sp³-hybridized carbons (Fsp3) is 0.375. The maximum Gasteiger partial charge on any atom is 0.345 e. The van der Waals surface area contributed by atoms with Gasteiger partial charge < -0.3 is 15.9 Å². The average Bonchev–Trinajstić information content (AvgIpc) is 2.50. The van der Waals surface area contributed by atoms with Crippen molar-refractivity contribution in [1.82, 2.24) is 0 Å². The minimum absolute atomic E-state index is 0.242. The zero-order chi connectivity index (χ0) is 10.0. The molecule has 1 aromatic heterocycles. The molecular weight excluding hydrogens is 190 g/mol. The molecule has 0 saturated heterocycles. The molecule has 1 aromatic rings.